The van der Waals surface area contributed by atoms with Gasteiger partial charge in [0.2, 0.25) is 0 Å². The Kier molecular flexibility index (Phi) is 2.74. The predicted molar refractivity (Wildman–Crippen MR) is 98.8 cm³/mol. The van der Waals surface area contributed by atoms with Gasteiger partial charge in [0.15, 0.2) is 5.78 Å². The summed E-state index contributed by atoms with van der Waals surface area (Å²) in [6.45, 7) is 5.72. The number of carbonyl (C=O) groups is 1. The quantitative estimate of drug-likeness (QED) is 0.759. The van der Waals surface area contributed by atoms with E-state index < -0.39 is 0 Å². The summed E-state index contributed by atoms with van der Waals surface area (Å²) in [5, 5.41) is 0. The van der Waals surface area contributed by atoms with Crippen LogP contribution in [0.2, 0.25) is 0 Å². The van der Waals surface area contributed by atoms with Crippen molar-refractivity contribution in [3.8, 4) is 0 Å². The number of ketones is 1. The standard InChI is InChI=1S/C23H27NO/c1-15-2-4-20-18(10-15)21(25)13-22(20)6-8-24(9-7-22)14-16-11-23-12-17(23)3-5-19(16)23/h2-5,10,16-17,19H,6-9,11-14H2,1H3/t16?,17-,19+,23?/m0/s1. The van der Waals surface area contributed by atoms with Gasteiger partial charge in [0, 0.05) is 23.9 Å². The highest BCUT2D eigenvalue weighted by Crippen LogP contribution is 2.75. The minimum absolute atomic E-state index is 0.145. The van der Waals surface area contributed by atoms with Crippen LogP contribution in [0.4, 0.5) is 0 Å². The summed E-state index contributed by atoms with van der Waals surface area (Å²) in [6.07, 6.45) is 11.1. The molecule has 2 heteroatoms. The molecule has 2 unspecified atom stereocenters. The lowest BCUT2D eigenvalue weighted by Gasteiger charge is -2.47. The van der Waals surface area contributed by atoms with E-state index in [0.717, 1.165) is 48.0 Å². The Morgan fingerprint density at radius 2 is 2.00 bits per heavy atom. The molecule has 0 N–H and O–H groups in total. The van der Waals surface area contributed by atoms with Gasteiger partial charge in [0.25, 0.3) is 0 Å². The maximum absolute atomic E-state index is 12.5. The molecule has 1 heterocycles. The molecule has 2 spiro atoms. The molecule has 1 aliphatic heterocycles. The predicted octanol–water partition coefficient (Wildman–Crippen LogP) is 4.13. The number of Topliss-reactive ketones (excluding diaryl/α,β-unsaturated/α-hetero) is 1. The number of likely N-dealkylation sites (tertiary alicyclic amines) is 1. The van der Waals surface area contributed by atoms with Crippen LogP contribution < -0.4 is 0 Å². The number of rotatable bonds is 2. The third-order valence-corrected chi connectivity index (χ3v) is 8.39. The Morgan fingerprint density at radius 3 is 2.76 bits per heavy atom. The molecular formula is C23H27NO. The number of carbonyl (C=O) groups excluding carboxylic acids is 1. The molecule has 0 radical (unpaired) electrons. The van der Waals surface area contributed by atoms with Gasteiger partial charge in [-0.05, 0) is 80.5 Å². The highest BCUT2D eigenvalue weighted by molar-refractivity contribution is 6.02. The number of aryl methyl sites for hydroxylation is 1. The van der Waals surface area contributed by atoms with Crippen LogP contribution >= 0.6 is 0 Å². The second-order valence-electron chi connectivity index (χ2n) is 9.65. The minimum Gasteiger partial charge on any atom is -0.303 e. The molecule has 1 saturated heterocycles. The monoisotopic (exact) mass is 333 g/mol. The van der Waals surface area contributed by atoms with Crippen LogP contribution in [0.25, 0.3) is 0 Å². The Balaban J connectivity index is 1.15. The fourth-order valence-corrected chi connectivity index (χ4v) is 6.86. The number of piperidine rings is 1. The molecule has 2 saturated carbocycles. The average Bonchev–Trinajstić information content (AvgIpc) is 3.17. The van der Waals surface area contributed by atoms with E-state index in [1.165, 1.54) is 43.6 Å². The first-order valence-corrected chi connectivity index (χ1v) is 10.1. The molecule has 0 bridgehead atoms. The molecule has 3 fully saturated rings. The maximum Gasteiger partial charge on any atom is 0.164 e. The van der Waals surface area contributed by atoms with Crippen molar-refractivity contribution in [2.45, 2.75) is 44.4 Å². The highest BCUT2D eigenvalue weighted by atomic mass is 16.1. The van der Waals surface area contributed by atoms with Crippen molar-refractivity contribution in [1.29, 1.82) is 0 Å². The first-order valence-electron chi connectivity index (χ1n) is 10.1. The van der Waals surface area contributed by atoms with E-state index in [1.807, 2.05) is 0 Å². The molecule has 4 atom stereocenters. The number of fused-ring (bicyclic) bond motifs is 2. The molecular weight excluding hydrogens is 306 g/mol. The van der Waals surface area contributed by atoms with E-state index in [2.05, 4.69) is 42.2 Å². The van der Waals surface area contributed by atoms with Gasteiger partial charge >= 0.3 is 0 Å². The second-order valence-corrected chi connectivity index (χ2v) is 9.65. The van der Waals surface area contributed by atoms with Crippen LogP contribution in [0.1, 0.15) is 53.6 Å². The topological polar surface area (TPSA) is 20.3 Å². The van der Waals surface area contributed by atoms with Crippen LogP contribution in [0.5, 0.6) is 0 Å². The molecule has 1 aromatic carbocycles. The van der Waals surface area contributed by atoms with Crippen LogP contribution in [-0.2, 0) is 5.41 Å². The zero-order valence-electron chi connectivity index (χ0n) is 15.1. The Labute approximate surface area is 150 Å². The van der Waals surface area contributed by atoms with E-state index in [-0.39, 0.29) is 5.41 Å². The summed E-state index contributed by atoms with van der Waals surface area (Å²) in [4.78, 5) is 15.2. The third-order valence-electron chi connectivity index (χ3n) is 8.39. The van der Waals surface area contributed by atoms with Gasteiger partial charge in [0.1, 0.15) is 0 Å². The molecule has 25 heavy (non-hydrogen) atoms. The zero-order valence-corrected chi connectivity index (χ0v) is 15.1. The van der Waals surface area contributed by atoms with Crippen molar-refractivity contribution in [1.82, 2.24) is 4.90 Å². The smallest absolute Gasteiger partial charge is 0.164 e. The van der Waals surface area contributed by atoms with Crippen LogP contribution in [0.3, 0.4) is 0 Å². The van der Waals surface area contributed by atoms with E-state index in [0.29, 0.717) is 5.78 Å². The average molecular weight is 333 g/mol. The summed E-state index contributed by atoms with van der Waals surface area (Å²) in [5.74, 6) is 3.12. The normalized spacial score (nSPS) is 39.9. The fourth-order valence-electron chi connectivity index (χ4n) is 6.86. The van der Waals surface area contributed by atoms with Crippen LogP contribution in [0, 0.1) is 30.1 Å². The van der Waals surface area contributed by atoms with E-state index in [9.17, 15) is 4.79 Å². The van der Waals surface area contributed by atoms with Crippen molar-refractivity contribution >= 4 is 5.78 Å². The molecule has 0 aromatic heterocycles. The molecule has 1 aromatic rings. The van der Waals surface area contributed by atoms with E-state index in [1.54, 1.807) is 0 Å². The summed E-state index contributed by atoms with van der Waals surface area (Å²) in [6, 6.07) is 6.56. The van der Waals surface area contributed by atoms with Gasteiger partial charge in [-0.15, -0.1) is 0 Å². The number of allylic oxidation sites excluding steroid dienone is 2. The van der Waals surface area contributed by atoms with E-state index in [4.69, 9.17) is 0 Å². The summed E-state index contributed by atoms with van der Waals surface area (Å²) in [7, 11) is 0. The van der Waals surface area contributed by atoms with Crippen molar-refractivity contribution in [3.63, 3.8) is 0 Å². The number of hydrogen-bond donors (Lipinski definition) is 0. The largest absolute Gasteiger partial charge is 0.303 e. The summed E-state index contributed by atoms with van der Waals surface area (Å²) in [5.41, 5.74) is 4.47. The molecule has 2 nitrogen and oxygen atoms in total. The van der Waals surface area contributed by atoms with Crippen LogP contribution in [-0.4, -0.2) is 30.3 Å². The maximum atomic E-state index is 12.5. The van der Waals surface area contributed by atoms with Gasteiger partial charge < -0.3 is 4.90 Å². The van der Waals surface area contributed by atoms with Gasteiger partial charge in [-0.1, -0.05) is 29.8 Å². The number of benzene rings is 1. The lowest BCUT2D eigenvalue weighted by molar-refractivity contribution is 0.0359. The number of nitrogens with zero attached hydrogens (tertiary/aromatic N) is 1. The minimum atomic E-state index is 0.145. The second kappa shape index (κ2) is 4.65. The first kappa shape index (κ1) is 14.7. The summed E-state index contributed by atoms with van der Waals surface area (Å²) < 4.78 is 0. The molecule has 5 aliphatic rings. The van der Waals surface area contributed by atoms with Gasteiger partial charge in [-0.2, -0.15) is 0 Å². The van der Waals surface area contributed by atoms with E-state index >= 15 is 0 Å². The first-order chi connectivity index (χ1) is 12.1. The van der Waals surface area contributed by atoms with Gasteiger partial charge in [0.05, 0.1) is 0 Å². The van der Waals surface area contributed by atoms with Gasteiger partial charge in [-0.3, -0.25) is 4.79 Å². The third kappa shape index (κ3) is 1.87. The van der Waals surface area contributed by atoms with Crippen molar-refractivity contribution in [2.75, 3.05) is 19.6 Å². The lowest BCUT2D eigenvalue weighted by atomic mass is 9.62. The molecule has 4 aliphatic carbocycles. The van der Waals surface area contributed by atoms with Gasteiger partial charge in [-0.25, -0.2) is 0 Å². The lowest BCUT2D eigenvalue weighted by Crippen LogP contribution is -2.48. The molecule has 6 rings (SSSR count). The number of hydrogen-bond acceptors (Lipinski definition) is 2. The Hall–Kier alpha value is -1.41. The highest BCUT2D eigenvalue weighted by Gasteiger charge is 2.68. The van der Waals surface area contributed by atoms with Crippen molar-refractivity contribution in [3.05, 3.63) is 47.0 Å². The Morgan fingerprint density at radius 1 is 1.16 bits per heavy atom. The Bertz CT molecular complexity index is 800. The van der Waals surface area contributed by atoms with Crippen molar-refractivity contribution in [2.24, 2.45) is 23.2 Å². The van der Waals surface area contributed by atoms with Crippen molar-refractivity contribution < 1.29 is 4.79 Å². The summed E-state index contributed by atoms with van der Waals surface area (Å²) >= 11 is 0. The molecule has 130 valence electrons. The zero-order chi connectivity index (χ0) is 16.8. The molecule has 0 amide bonds. The SMILES string of the molecule is Cc1ccc2c(c1)C(=O)CC21CCN(CC2CC34C[C@@H]3C=C[C@H]24)CC1. The fraction of sp³-hybridized carbons (Fsp3) is 0.609. The van der Waals surface area contributed by atoms with Crippen LogP contribution in [0.15, 0.2) is 30.4 Å².